The molecule has 24 heavy (non-hydrogen) atoms. The van der Waals surface area contributed by atoms with Crippen LogP contribution in [0.4, 0.5) is 0 Å². The Kier molecular flexibility index (Phi) is 8.67. The van der Waals surface area contributed by atoms with E-state index in [1.165, 1.54) is 0 Å². The Balaban J connectivity index is 2.11. The summed E-state index contributed by atoms with van der Waals surface area (Å²) in [5, 5.41) is 0. The quantitative estimate of drug-likeness (QED) is 0.327. The summed E-state index contributed by atoms with van der Waals surface area (Å²) in [6.07, 6.45) is 3.04. The lowest BCUT2D eigenvalue weighted by molar-refractivity contribution is -0.870. The normalized spacial score (nSPS) is 14.2. The molecule has 0 N–H and O–H groups in total. The molecule has 0 bridgehead atoms. The number of phosphoric ester groups is 1. The van der Waals surface area contributed by atoms with Gasteiger partial charge >= 0.3 is 0 Å². The smallest absolute Gasteiger partial charge is 0.268 e. The van der Waals surface area contributed by atoms with Gasteiger partial charge in [-0.15, -0.1) is 0 Å². The van der Waals surface area contributed by atoms with Crippen molar-refractivity contribution in [1.29, 1.82) is 0 Å². The summed E-state index contributed by atoms with van der Waals surface area (Å²) in [5.41, 5.74) is 1.03. The first-order valence-electron chi connectivity index (χ1n) is 7.98. The SMILES string of the molecule is C=Cc1ccc(OCCCCOP(=O)([O-])OCC[N+](C)(C)C)cc1. The number of hydrogen-bond donors (Lipinski definition) is 0. The van der Waals surface area contributed by atoms with Crippen molar-refractivity contribution >= 4 is 13.9 Å². The highest BCUT2D eigenvalue weighted by atomic mass is 31.2. The van der Waals surface area contributed by atoms with Crippen molar-refractivity contribution in [3.63, 3.8) is 0 Å². The Hall–Kier alpha value is -1.17. The van der Waals surface area contributed by atoms with Crippen LogP contribution >= 0.6 is 7.82 Å². The molecule has 0 aromatic heterocycles. The van der Waals surface area contributed by atoms with E-state index in [1.807, 2.05) is 45.4 Å². The van der Waals surface area contributed by atoms with E-state index in [1.54, 1.807) is 6.08 Å². The molecule has 0 radical (unpaired) electrons. The molecular formula is C17H28NO5P. The standard InChI is InChI=1S/C17H28NO5P/c1-5-16-8-10-17(11-9-16)21-13-6-7-14-22-24(19,20)23-15-12-18(2,3)4/h5,8-11H,1,6-7,12-15H2,2-4H3. The van der Waals surface area contributed by atoms with Gasteiger partial charge in [-0.25, -0.2) is 0 Å². The third-order valence-electron chi connectivity index (χ3n) is 3.18. The van der Waals surface area contributed by atoms with Gasteiger partial charge in [0.25, 0.3) is 7.82 Å². The molecule has 6 nitrogen and oxygen atoms in total. The minimum atomic E-state index is -4.20. The van der Waals surface area contributed by atoms with Crippen molar-refractivity contribution in [3.8, 4) is 5.75 Å². The van der Waals surface area contributed by atoms with E-state index in [0.717, 1.165) is 11.3 Å². The molecular weight excluding hydrogens is 329 g/mol. The Morgan fingerprint density at radius 2 is 1.67 bits per heavy atom. The fraction of sp³-hybridized carbons (Fsp3) is 0.529. The zero-order chi connectivity index (χ0) is 18.1. The minimum Gasteiger partial charge on any atom is -0.756 e. The van der Waals surface area contributed by atoms with Gasteiger partial charge in [-0.05, 0) is 30.5 Å². The third-order valence-corrected chi connectivity index (χ3v) is 4.18. The molecule has 1 aromatic carbocycles. The Morgan fingerprint density at radius 1 is 1.08 bits per heavy atom. The van der Waals surface area contributed by atoms with Crippen LogP contribution in [-0.4, -0.2) is 52.0 Å². The number of quaternary nitrogens is 1. The van der Waals surface area contributed by atoms with Gasteiger partial charge in [0, 0.05) is 0 Å². The van der Waals surface area contributed by atoms with Gasteiger partial charge in [-0.3, -0.25) is 4.57 Å². The number of likely N-dealkylation sites (N-methyl/N-ethyl adjacent to an activating group) is 1. The van der Waals surface area contributed by atoms with Crippen LogP contribution in [0.15, 0.2) is 30.8 Å². The molecule has 0 aliphatic rings. The first-order chi connectivity index (χ1) is 11.2. The fourth-order valence-corrected chi connectivity index (χ4v) is 2.47. The maximum Gasteiger partial charge on any atom is 0.268 e. The predicted molar refractivity (Wildman–Crippen MR) is 93.7 cm³/mol. The Labute approximate surface area is 144 Å². The fourth-order valence-electron chi connectivity index (χ4n) is 1.73. The van der Waals surface area contributed by atoms with Crippen LogP contribution in [0.2, 0.25) is 0 Å². The largest absolute Gasteiger partial charge is 0.756 e. The first-order valence-corrected chi connectivity index (χ1v) is 9.44. The van der Waals surface area contributed by atoms with E-state index < -0.39 is 7.82 Å². The monoisotopic (exact) mass is 357 g/mol. The van der Waals surface area contributed by atoms with E-state index >= 15 is 0 Å². The van der Waals surface area contributed by atoms with Crippen molar-refractivity contribution in [1.82, 2.24) is 0 Å². The molecule has 7 heteroatoms. The van der Waals surface area contributed by atoms with Crippen molar-refractivity contribution in [2.75, 3.05) is 47.5 Å². The number of hydrogen-bond acceptors (Lipinski definition) is 5. The molecule has 1 rings (SSSR count). The number of nitrogens with zero attached hydrogens (tertiary/aromatic N) is 1. The third kappa shape index (κ3) is 9.85. The van der Waals surface area contributed by atoms with E-state index in [0.29, 0.717) is 30.5 Å². The van der Waals surface area contributed by atoms with Crippen LogP contribution in [0.25, 0.3) is 6.08 Å². The summed E-state index contributed by atoms with van der Waals surface area (Å²) in [5.74, 6) is 0.777. The van der Waals surface area contributed by atoms with Crippen LogP contribution in [0.3, 0.4) is 0 Å². The number of benzene rings is 1. The lowest BCUT2D eigenvalue weighted by Crippen LogP contribution is -2.37. The maximum atomic E-state index is 11.6. The zero-order valence-electron chi connectivity index (χ0n) is 14.8. The molecule has 1 atom stereocenters. The van der Waals surface area contributed by atoms with Crippen molar-refractivity contribution in [3.05, 3.63) is 36.4 Å². The summed E-state index contributed by atoms with van der Waals surface area (Å²) in [4.78, 5) is 11.6. The highest BCUT2D eigenvalue weighted by Crippen LogP contribution is 2.38. The highest BCUT2D eigenvalue weighted by Gasteiger charge is 2.12. The molecule has 1 aromatic rings. The summed E-state index contributed by atoms with van der Waals surface area (Å²) in [6.45, 7) is 5.01. The summed E-state index contributed by atoms with van der Waals surface area (Å²) in [6, 6.07) is 7.60. The van der Waals surface area contributed by atoms with Gasteiger partial charge in [-0.1, -0.05) is 24.8 Å². The van der Waals surface area contributed by atoms with E-state index in [-0.39, 0.29) is 13.2 Å². The van der Waals surface area contributed by atoms with E-state index in [4.69, 9.17) is 13.8 Å². The van der Waals surface area contributed by atoms with Crippen LogP contribution in [0.1, 0.15) is 18.4 Å². The average molecular weight is 357 g/mol. The van der Waals surface area contributed by atoms with Crippen molar-refractivity contribution in [2.24, 2.45) is 0 Å². The van der Waals surface area contributed by atoms with E-state index in [9.17, 15) is 9.46 Å². The number of rotatable bonds is 12. The second kappa shape index (κ2) is 9.97. The van der Waals surface area contributed by atoms with Crippen LogP contribution in [-0.2, 0) is 13.6 Å². The van der Waals surface area contributed by atoms with Gasteiger partial charge in [0.05, 0.1) is 34.4 Å². The molecule has 0 aliphatic carbocycles. The summed E-state index contributed by atoms with van der Waals surface area (Å²) >= 11 is 0. The lowest BCUT2D eigenvalue weighted by atomic mass is 10.2. The van der Waals surface area contributed by atoms with Gasteiger partial charge < -0.3 is 23.2 Å². The molecule has 0 saturated heterocycles. The summed E-state index contributed by atoms with van der Waals surface area (Å²) in [7, 11) is 1.68. The van der Waals surface area contributed by atoms with Crippen molar-refractivity contribution < 1.29 is 27.7 Å². The molecule has 0 heterocycles. The minimum absolute atomic E-state index is 0.101. The highest BCUT2D eigenvalue weighted by molar-refractivity contribution is 7.45. The van der Waals surface area contributed by atoms with Gasteiger partial charge in [0.15, 0.2) is 0 Å². The number of phosphoric acid groups is 1. The van der Waals surface area contributed by atoms with Gasteiger partial charge in [0.1, 0.15) is 18.9 Å². The first kappa shape index (κ1) is 20.9. The molecule has 0 spiro atoms. The number of unbranched alkanes of at least 4 members (excludes halogenated alkanes) is 1. The molecule has 0 saturated carbocycles. The summed E-state index contributed by atoms with van der Waals surface area (Å²) < 4.78 is 27.4. The molecule has 0 fully saturated rings. The van der Waals surface area contributed by atoms with Crippen LogP contribution in [0, 0.1) is 0 Å². The van der Waals surface area contributed by atoms with Gasteiger partial charge in [-0.2, -0.15) is 0 Å². The topological polar surface area (TPSA) is 67.8 Å². The second-order valence-electron chi connectivity index (χ2n) is 6.46. The Morgan fingerprint density at radius 3 is 2.25 bits per heavy atom. The maximum absolute atomic E-state index is 11.6. The molecule has 136 valence electrons. The Bertz CT molecular complexity index is 539. The zero-order valence-corrected chi connectivity index (χ0v) is 15.7. The number of ether oxygens (including phenoxy) is 1. The van der Waals surface area contributed by atoms with E-state index in [2.05, 4.69) is 6.58 Å². The van der Waals surface area contributed by atoms with Crippen LogP contribution in [0.5, 0.6) is 5.75 Å². The molecule has 1 unspecified atom stereocenters. The second-order valence-corrected chi connectivity index (χ2v) is 7.87. The lowest BCUT2D eigenvalue weighted by Gasteiger charge is -2.27. The predicted octanol–water partition coefficient (Wildman–Crippen LogP) is 2.70. The average Bonchev–Trinajstić information content (AvgIpc) is 2.49. The molecule has 0 aliphatic heterocycles. The van der Waals surface area contributed by atoms with Crippen LogP contribution < -0.4 is 9.63 Å². The molecule has 0 amide bonds. The van der Waals surface area contributed by atoms with Gasteiger partial charge in [0.2, 0.25) is 0 Å². The van der Waals surface area contributed by atoms with Crippen molar-refractivity contribution in [2.45, 2.75) is 12.8 Å².